The van der Waals surface area contributed by atoms with Gasteiger partial charge < -0.3 is 73.8 Å². The van der Waals surface area contributed by atoms with Crippen LogP contribution in [0.5, 0.6) is 11.5 Å². The van der Waals surface area contributed by atoms with Gasteiger partial charge in [0.25, 0.3) is 0 Å². The standard InChI is InChI=1S/C21H20N2.C19H23NO.C14H20N2.C13H18N2O.C13H18N2.C12H13N3.C12H16.C10H10N2/c22-21-15-20(21)16-11-13-19(14-12-16)23(17-7-3-1-4-8-17)18-9-5-2-6-10-18;1-19(2,3)14-6-10-16(11-7-14)21-15-8-4-13(5-9-15)17-12-18(17)20;15-14-10-13(14)11-4-6-12(7-5-11)16-8-2-1-3-9-16;14-13-9-12(13)10-1-3-11(4-2-10)15-5-7-16-8-6-15;14-13-9-12(13)10-3-5-11(6-4-10)15-7-1-2-8-15;13-12-7-11(12)9-1-3-10(4-2-9)15-6-5-14-8-15;1-8-4-5-11(6-9(8)2)12-7-10(12)3;1-12-8-4-2-7(3-5-8)9-6-10(9)11/h1-14,20-21H,15,22H2;4-11,17-18H,12,20H2,1-3H3;4-7,13-14H,1-3,8-10,15H2;1-4,12-13H,5-9,14H2;3-6,12-13H,1-2,7-9,14H2;1-6,8,11-12H,7,13H2;4-6,10,12H,7H2,1-3H3;2-5,9-10H,6,11H2. The lowest BCUT2D eigenvalue weighted by molar-refractivity contribution is 0.122. The molecule has 4 heterocycles. The van der Waals surface area contributed by atoms with Crippen molar-refractivity contribution in [3.8, 4) is 17.2 Å². The van der Waals surface area contributed by atoms with Gasteiger partial charge in [-0.1, -0.05) is 191 Å². The number of piperidine rings is 1. The summed E-state index contributed by atoms with van der Waals surface area (Å²) < 4.78 is 13.2. The molecule has 16 atom stereocenters. The number of morpholine rings is 1. The summed E-state index contributed by atoms with van der Waals surface area (Å²) in [6.07, 6.45) is 21.6. The Hall–Kier alpha value is -11.2. The first-order valence-corrected chi connectivity index (χ1v) is 48.1. The van der Waals surface area contributed by atoms with E-state index in [4.69, 9.17) is 56.2 Å². The number of hydrogen-bond acceptors (Lipinski definition) is 14. The highest BCUT2D eigenvalue weighted by Gasteiger charge is 2.40. The van der Waals surface area contributed by atoms with Gasteiger partial charge in [0.15, 0.2) is 5.69 Å². The highest BCUT2D eigenvalue weighted by Crippen LogP contribution is 2.49. The SMILES string of the molecule is CC(C)(C)c1ccc(Oc2ccc(C3CC3N)cc2)cc1.Cc1ccc(C2CC2C)cc1C.NC1CC1c1ccc(-n2ccnc2)cc1.NC1CC1c1ccc(N(c2ccccc2)c2ccccc2)cc1.NC1CC1c1ccc(N2CCCC2)cc1.NC1CC1c1ccc(N2CCCCC2)cc1.NC1CC1c1ccc(N2CCOCC2)cc1.[C-]#[N+]c1ccc(C2CC2N)cc1. The van der Waals surface area contributed by atoms with E-state index in [0.717, 1.165) is 98.8 Å². The molecule has 16 unspecified atom stereocenters. The third-order valence-corrected chi connectivity index (χ3v) is 27.9. The van der Waals surface area contributed by atoms with E-state index in [0.29, 0.717) is 89.4 Å². The second-order valence-electron chi connectivity index (χ2n) is 39.1. The lowest BCUT2D eigenvalue weighted by atomic mass is 9.87. The lowest BCUT2D eigenvalue weighted by Gasteiger charge is -2.28. The second kappa shape index (κ2) is 42.8. The Kier molecular flexibility index (Phi) is 30.3. The summed E-state index contributed by atoms with van der Waals surface area (Å²) in [5.41, 5.74) is 65.8. The molecule has 3 saturated heterocycles. The molecule has 0 radical (unpaired) electrons. The van der Waals surface area contributed by atoms with Gasteiger partial charge in [-0.2, -0.15) is 0 Å². The summed E-state index contributed by atoms with van der Waals surface area (Å²) in [5, 5.41) is 0. The monoisotopic (exact) mass is 1740 g/mol. The van der Waals surface area contributed by atoms with Gasteiger partial charge in [0.05, 0.1) is 26.1 Å². The van der Waals surface area contributed by atoms with Gasteiger partial charge in [0.1, 0.15) is 11.5 Å². The molecule has 16 heteroatoms. The fraction of sp³-hybridized carbons (Fsp3) is 0.386. The topological polar surface area (TPSA) is 236 Å². The summed E-state index contributed by atoms with van der Waals surface area (Å²) in [6, 6.07) is 99.1. The maximum atomic E-state index is 6.78. The average molecular weight is 1740 g/mol. The fourth-order valence-corrected chi connectivity index (χ4v) is 18.2. The summed E-state index contributed by atoms with van der Waals surface area (Å²) in [7, 11) is 0. The van der Waals surface area contributed by atoms with E-state index in [1.54, 1.807) is 18.1 Å². The molecule has 0 spiro atoms. The zero-order chi connectivity index (χ0) is 90.4. The van der Waals surface area contributed by atoms with E-state index in [-0.39, 0.29) is 5.41 Å². The predicted octanol–water partition coefficient (Wildman–Crippen LogP) is 22.7. The van der Waals surface area contributed by atoms with Crippen LogP contribution >= 0.6 is 0 Å². The van der Waals surface area contributed by atoms with Crippen LogP contribution in [0.1, 0.15) is 220 Å². The number of aryl methyl sites for hydroxylation is 2. The molecule has 16 nitrogen and oxygen atoms in total. The maximum absolute atomic E-state index is 6.78. The van der Waals surface area contributed by atoms with Crippen molar-refractivity contribution >= 4 is 39.8 Å². The van der Waals surface area contributed by atoms with Crippen LogP contribution < -0.4 is 64.5 Å². The number of para-hydroxylation sites is 2. The van der Waals surface area contributed by atoms with Crippen LogP contribution in [0.15, 0.2) is 292 Å². The zero-order valence-corrected chi connectivity index (χ0v) is 77.3. The van der Waals surface area contributed by atoms with Crippen molar-refractivity contribution in [1.82, 2.24) is 9.55 Å². The maximum Gasteiger partial charge on any atom is 0.187 e. The van der Waals surface area contributed by atoms with Crippen molar-refractivity contribution in [3.63, 3.8) is 0 Å². The predicted molar refractivity (Wildman–Crippen MR) is 539 cm³/mol. The summed E-state index contributed by atoms with van der Waals surface area (Å²) in [4.78, 5) is 17.0. The van der Waals surface area contributed by atoms with E-state index in [1.165, 1.54) is 156 Å². The van der Waals surface area contributed by atoms with E-state index in [1.807, 2.05) is 71.4 Å². The smallest absolute Gasteiger partial charge is 0.187 e. The number of imidazole rings is 1. The van der Waals surface area contributed by atoms with Gasteiger partial charge in [-0.25, -0.2) is 9.83 Å². The summed E-state index contributed by atoms with van der Waals surface area (Å²) in [5.74, 6) is 7.64. The minimum absolute atomic E-state index is 0.170. The highest BCUT2D eigenvalue weighted by atomic mass is 16.5. The number of anilines is 6. The molecule has 1 aromatic heterocycles. The third-order valence-electron chi connectivity index (χ3n) is 27.9. The van der Waals surface area contributed by atoms with Crippen molar-refractivity contribution in [2.75, 3.05) is 72.1 Å². The number of rotatable bonds is 17. The number of nitrogens with zero attached hydrogens (tertiary/aromatic N) is 7. The number of aromatic nitrogens is 2. The van der Waals surface area contributed by atoms with Gasteiger partial charge >= 0.3 is 0 Å². The molecule has 0 amide bonds. The molecular formula is C114H138N14O2. The summed E-state index contributed by atoms with van der Waals surface area (Å²) >= 11 is 0. The normalized spacial score (nSPS) is 25.2. The molecule has 11 fully saturated rings. The second-order valence-corrected chi connectivity index (χ2v) is 39.1. The molecule has 8 saturated carbocycles. The first-order chi connectivity index (χ1) is 63.1. The molecule has 23 rings (SSSR count). The van der Waals surface area contributed by atoms with Gasteiger partial charge in [-0.15, -0.1) is 0 Å². The Bertz CT molecular complexity index is 5420. The Balaban J connectivity index is 0.000000110. The first kappa shape index (κ1) is 92.1. The Labute approximate surface area is 773 Å². The van der Waals surface area contributed by atoms with Crippen LogP contribution in [-0.2, 0) is 10.2 Å². The Morgan fingerprint density at radius 2 is 0.677 bits per heavy atom. The van der Waals surface area contributed by atoms with Gasteiger partial charge in [0.2, 0.25) is 0 Å². The number of ether oxygens (including phenoxy) is 2. The largest absolute Gasteiger partial charge is 0.457 e. The molecule has 8 aliphatic carbocycles. The van der Waals surface area contributed by atoms with Crippen molar-refractivity contribution in [1.29, 1.82) is 0 Å². The van der Waals surface area contributed by atoms with E-state index >= 15 is 0 Å². The van der Waals surface area contributed by atoms with Crippen molar-refractivity contribution < 1.29 is 9.47 Å². The van der Waals surface area contributed by atoms with Crippen LogP contribution in [-0.4, -0.2) is 104 Å². The molecule has 0 bridgehead atoms. The molecular weight excluding hydrogens is 1600 g/mol. The van der Waals surface area contributed by atoms with E-state index in [9.17, 15) is 0 Å². The minimum atomic E-state index is 0.170. The zero-order valence-electron chi connectivity index (χ0n) is 77.3. The first-order valence-electron chi connectivity index (χ1n) is 48.1. The minimum Gasteiger partial charge on any atom is -0.457 e. The number of nitrogens with two attached hydrogens (primary N) is 7. The lowest BCUT2D eigenvalue weighted by Crippen LogP contribution is -2.36. The average Bonchev–Trinajstić information content (AvgIpc) is 1.80. The molecule has 3 aliphatic heterocycles. The van der Waals surface area contributed by atoms with Gasteiger partial charge in [0, 0.05) is 175 Å². The Morgan fingerprint density at radius 3 is 1.01 bits per heavy atom. The third kappa shape index (κ3) is 25.5. The number of benzene rings is 11. The van der Waals surface area contributed by atoms with Crippen LogP contribution in [0.25, 0.3) is 10.5 Å². The molecule has 11 aromatic carbocycles. The molecule has 12 aromatic rings. The van der Waals surface area contributed by atoms with Crippen LogP contribution in [0, 0.1) is 26.3 Å². The van der Waals surface area contributed by atoms with E-state index in [2.05, 4.69) is 283 Å². The highest BCUT2D eigenvalue weighted by molar-refractivity contribution is 5.76. The van der Waals surface area contributed by atoms with Gasteiger partial charge in [-0.05, 0) is 285 Å². The molecule has 676 valence electrons. The number of hydrogen-bond donors (Lipinski definition) is 7. The Morgan fingerprint density at radius 1 is 0.362 bits per heavy atom. The van der Waals surface area contributed by atoms with Crippen molar-refractivity contribution in [2.24, 2.45) is 46.1 Å². The van der Waals surface area contributed by atoms with Crippen molar-refractivity contribution in [2.45, 2.75) is 220 Å². The van der Waals surface area contributed by atoms with Crippen LogP contribution in [0.3, 0.4) is 0 Å². The van der Waals surface area contributed by atoms with Gasteiger partial charge in [-0.3, -0.25) is 0 Å². The molecule has 11 aliphatic rings. The quantitative estimate of drug-likeness (QED) is 0.0420. The van der Waals surface area contributed by atoms with Crippen molar-refractivity contribution in [3.05, 3.63) is 364 Å². The summed E-state index contributed by atoms with van der Waals surface area (Å²) in [6.45, 7) is 28.7. The van der Waals surface area contributed by atoms with Crippen LogP contribution in [0.2, 0.25) is 0 Å². The van der Waals surface area contributed by atoms with E-state index < -0.39 is 0 Å². The fourth-order valence-electron chi connectivity index (χ4n) is 18.2. The molecule has 130 heavy (non-hydrogen) atoms. The van der Waals surface area contributed by atoms with Crippen LogP contribution in [0.4, 0.5) is 39.8 Å². The molecule has 14 N–H and O–H groups in total.